The number of thiazole rings is 1. The maximum atomic E-state index is 14.1. The van der Waals surface area contributed by atoms with Crippen LogP contribution in [0.1, 0.15) is 82.9 Å². The van der Waals surface area contributed by atoms with Crippen LogP contribution in [0.4, 0.5) is 0 Å². The zero-order valence-electron chi connectivity index (χ0n) is 23.7. The molecule has 0 unspecified atom stereocenters. The van der Waals surface area contributed by atoms with Gasteiger partial charge in [0.1, 0.15) is 12.4 Å². The minimum absolute atomic E-state index is 0.0247. The Morgan fingerprint density at radius 3 is 2.35 bits per heavy atom. The monoisotopic (exact) mass is 580 g/mol. The fourth-order valence-electron chi connectivity index (χ4n) is 4.50. The first-order chi connectivity index (χ1) is 18.6. The lowest BCUT2D eigenvalue weighted by Gasteiger charge is -2.22. The van der Waals surface area contributed by atoms with Crippen LogP contribution >= 0.6 is 22.9 Å². The third-order valence-electron chi connectivity index (χ3n) is 6.81. The number of carbonyl (C=O) groups excluding carboxylic acids is 2. The molecule has 3 heterocycles. The summed E-state index contributed by atoms with van der Waals surface area (Å²) in [6.45, 7) is 12.6. The fraction of sp³-hybridized carbons (Fsp3) is 0.355. The smallest absolute Gasteiger partial charge is 0.309 e. The number of hydrogen-bond acceptors (Lipinski definition) is 6. The summed E-state index contributed by atoms with van der Waals surface area (Å²) in [6, 6.07) is 8.47. The van der Waals surface area contributed by atoms with Gasteiger partial charge in [0.05, 0.1) is 27.3 Å². The second kappa shape index (κ2) is 10.8. The summed E-state index contributed by atoms with van der Waals surface area (Å²) in [6.07, 6.45) is 1.67. The minimum Gasteiger partial charge on any atom is -0.487 e. The fourth-order valence-corrected chi connectivity index (χ4v) is 5.21. The van der Waals surface area contributed by atoms with E-state index in [2.05, 4.69) is 4.98 Å². The van der Waals surface area contributed by atoms with Crippen molar-refractivity contribution in [1.82, 2.24) is 9.38 Å². The Balaban J connectivity index is 1.98. The van der Waals surface area contributed by atoms with Crippen molar-refractivity contribution in [2.75, 3.05) is 0 Å². The van der Waals surface area contributed by atoms with Crippen molar-refractivity contribution in [3.63, 3.8) is 0 Å². The van der Waals surface area contributed by atoms with E-state index in [0.717, 1.165) is 16.3 Å². The number of ether oxygens (including phenoxy) is 1. The number of pyridine rings is 1. The summed E-state index contributed by atoms with van der Waals surface area (Å²) >= 11 is 7.76. The maximum Gasteiger partial charge on any atom is 0.309 e. The number of carbonyl (C=O) groups is 3. The van der Waals surface area contributed by atoms with Crippen LogP contribution in [0.15, 0.2) is 41.9 Å². The largest absolute Gasteiger partial charge is 0.487 e. The number of ketones is 2. The summed E-state index contributed by atoms with van der Waals surface area (Å²) in [7, 11) is 0. The normalized spacial score (nSPS) is 12.1. The number of aryl methyl sites for hydroxylation is 2. The van der Waals surface area contributed by atoms with Crippen LogP contribution in [0.2, 0.25) is 5.02 Å². The Morgan fingerprint density at radius 1 is 1.07 bits per heavy atom. The second-order valence-electron chi connectivity index (χ2n) is 11.7. The van der Waals surface area contributed by atoms with Crippen molar-refractivity contribution in [3.05, 3.63) is 85.6 Å². The van der Waals surface area contributed by atoms with Gasteiger partial charge >= 0.3 is 5.97 Å². The molecule has 9 heteroatoms. The van der Waals surface area contributed by atoms with Crippen molar-refractivity contribution < 1.29 is 24.2 Å². The quantitative estimate of drug-likeness (QED) is 0.208. The standard InChI is InChI=1S/C31H33ClN2O5S/c1-17-12-19(8-9-23(17)32)27(35)26-22(14-31(6,7)29(37)38)25(28(36)30(3,4)5)24-13-21(10-11-34(24)26)39-15-20-16-40-18(2)33-20/h8-13,16H,14-15H2,1-7H3,(H,37,38). The molecular formula is C31H33ClN2O5S. The van der Waals surface area contributed by atoms with Gasteiger partial charge in [-0.1, -0.05) is 32.4 Å². The van der Waals surface area contributed by atoms with Crippen LogP contribution in [0.25, 0.3) is 5.52 Å². The number of Topliss-reactive ketones (excluding diaryl/α,β-unsaturated/α-hetero) is 1. The molecule has 0 amide bonds. The van der Waals surface area contributed by atoms with Crippen LogP contribution in [-0.2, 0) is 17.8 Å². The second-order valence-corrected chi connectivity index (χ2v) is 13.2. The maximum absolute atomic E-state index is 14.1. The van der Waals surface area contributed by atoms with Crippen molar-refractivity contribution in [2.45, 2.75) is 61.5 Å². The van der Waals surface area contributed by atoms with Gasteiger partial charge in [0, 0.05) is 39.2 Å². The zero-order chi connectivity index (χ0) is 29.6. The topological polar surface area (TPSA) is 98.0 Å². The molecular weight excluding hydrogens is 548 g/mol. The molecule has 0 atom stereocenters. The zero-order valence-corrected chi connectivity index (χ0v) is 25.3. The average molecular weight is 581 g/mol. The SMILES string of the molecule is Cc1nc(COc2ccn3c(C(=O)c4ccc(Cl)c(C)c4)c(CC(C)(C)C(=O)O)c(C(=O)C(C)(C)C)c3c2)cs1. The third kappa shape index (κ3) is 5.83. The summed E-state index contributed by atoms with van der Waals surface area (Å²) in [5.41, 5.74) is 1.34. The number of carboxylic acids is 1. The predicted molar refractivity (Wildman–Crippen MR) is 157 cm³/mol. The van der Waals surface area contributed by atoms with Gasteiger partial charge in [-0.3, -0.25) is 14.4 Å². The van der Waals surface area contributed by atoms with E-state index in [1.54, 1.807) is 75.5 Å². The molecule has 4 rings (SSSR count). The average Bonchev–Trinajstić information content (AvgIpc) is 3.42. The molecule has 0 spiro atoms. The van der Waals surface area contributed by atoms with Crippen LogP contribution < -0.4 is 4.74 Å². The minimum atomic E-state index is -1.25. The van der Waals surface area contributed by atoms with E-state index in [9.17, 15) is 19.5 Å². The van der Waals surface area contributed by atoms with E-state index in [-0.39, 0.29) is 30.3 Å². The molecule has 210 valence electrons. The molecule has 0 aliphatic heterocycles. The lowest BCUT2D eigenvalue weighted by Crippen LogP contribution is -2.29. The number of carboxylic acid groups (broad SMARTS) is 1. The lowest BCUT2D eigenvalue weighted by atomic mass is 9.79. The Hall–Kier alpha value is -3.49. The molecule has 7 nitrogen and oxygen atoms in total. The third-order valence-corrected chi connectivity index (χ3v) is 8.05. The molecule has 0 aliphatic rings. The number of aromatic nitrogens is 2. The highest BCUT2D eigenvalue weighted by Gasteiger charge is 2.37. The molecule has 0 bridgehead atoms. The number of hydrogen-bond donors (Lipinski definition) is 1. The Labute approximate surface area is 242 Å². The van der Waals surface area contributed by atoms with E-state index in [0.29, 0.717) is 33.0 Å². The first-order valence-electron chi connectivity index (χ1n) is 12.9. The van der Waals surface area contributed by atoms with E-state index in [1.807, 2.05) is 19.2 Å². The molecule has 40 heavy (non-hydrogen) atoms. The van der Waals surface area contributed by atoms with Gasteiger partial charge in [0.2, 0.25) is 5.78 Å². The van der Waals surface area contributed by atoms with Crippen molar-refractivity contribution in [2.24, 2.45) is 10.8 Å². The van der Waals surface area contributed by atoms with E-state index in [4.69, 9.17) is 16.3 Å². The van der Waals surface area contributed by atoms with Gasteiger partial charge < -0.3 is 14.2 Å². The van der Waals surface area contributed by atoms with Gasteiger partial charge in [-0.15, -0.1) is 11.3 Å². The Kier molecular flexibility index (Phi) is 7.98. The van der Waals surface area contributed by atoms with Crippen molar-refractivity contribution >= 4 is 46.0 Å². The van der Waals surface area contributed by atoms with Gasteiger partial charge in [0.15, 0.2) is 5.78 Å². The molecule has 0 saturated heterocycles. The highest BCUT2D eigenvalue weighted by molar-refractivity contribution is 7.09. The number of halogens is 1. The first kappa shape index (κ1) is 29.5. The van der Waals surface area contributed by atoms with Crippen LogP contribution in [0, 0.1) is 24.7 Å². The summed E-state index contributed by atoms with van der Waals surface area (Å²) < 4.78 is 7.70. The molecule has 4 aromatic rings. The number of rotatable bonds is 9. The molecule has 0 aliphatic carbocycles. The summed E-state index contributed by atoms with van der Waals surface area (Å²) in [4.78, 5) is 44.8. The molecule has 0 saturated carbocycles. The molecule has 3 aromatic heterocycles. The molecule has 0 fully saturated rings. The highest BCUT2D eigenvalue weighted by Crippen LogP contribution is 2.37. The van der Waals surface area contributed by atoms with E-state index < -0.39 is 16.8 Å². The van der Waals surface area contributed by atoms with E-state index >= 15 is 0 Å². The van der Waals surface area contributed by atoms with Crippen molar-refractivity contribution in [3.8, 4) is 5.75 Å². The summed E-state index contributed by atoms with van der Waals surface area (Å²) in [5, 5.41) is 13.4. The number of aliphatic carboxylic acids is 1. The number of benzene rings is 1. The lowest BCUT2D eigenvalue weighted by molar-refractivity contribution is -0.146. The predicted octanol–water partition coefficient (Wildman–Crippen LogP) is 7.36. The van der Waals surface area contributed by atoms with E-state index in [1.165, 1.54) is 11.3 Å². The van der Waals surface area contributed by atoms with Gasteiger partial charge in [-0.2, -0.15) is 0 Å². The van der Waals surface area contributed by atoms with Crippen LogP contribution in [0.3, 0.4) is 0 Å². The number of nitrogens with zero attached hydrogens (tertiary/aromatic N) is 2. The molecule has 1 N–H and O–H groups in total. The Bertz CT molecular complexity index is 1640. The molecule has 1 aromatic carbocycles. The van der Waals surface area contributed by atoms with Crippen LogP contribution in [0.5, 0.6) is 5.75 Å². The van der Waals surface area contributed by atoms with Gasteiger partial charge in [-0.05, 0) is 69.5 Å². The Morgan fingerprint density at radius 2 is 1.77 bits per heavy atom. The summed E-state index contributed by atoms with van der Waals surface area (Å²) in [5.74, 6) is -1.05. The van der Waals surface area contributed by atoms with Gasteiger partial charge in [0.25, 0.3) is 0 Å². The first-order valence-corrected chi connectivity index (χ1v) is 14.2. The highest BCUT2D eigenvalue weighted by atomic mass is 35.5. The van der Waals surface area contributed by atoms with Crippen LogP contribution in [-0.4, -0.2) is 32.0 Å². The van der Waals surface area contributed by atoms with Gasteiger partial charge in [-0.25, -0.2) is 4.98 Å². The van der Waals surface area contributed by atoms with Crippen molar-refractivity contribution in [1.29, 1.82) is 0 Å². The molecule has 0 radical (unpaired) electrons. The number of fused-ring (bicyclic) bond motifs is 1.